The van der Waals surface area contributed by atoms with Gasteiger partial charge in [-0.2, -0.15) is 0 Å². The molecule has 0 aliphatic carbocycles. The van der Waals surface area contributed by atoms with E-state index in [9.17, 15) is 0 Å². The lowest BCUT2D eigenvalue weighted by Crippen LogP contribution is -2.27. The van der Waals surface area contributed by atoms with Gasteiger partial charge in [-0.15, -0.1) is 0 Å². The van der Waals surface area contributed by atoms with Crippen LogP contribution < -0.4 is 24.8 Å². The summed E-state index contributed by atoms with van der Waals surface area (Å²) in [7, 11) is 1.58. The van der Waals surface area contributed by atoms with Crippen molar-refractivity contribution in [3.8, 4) is 17.2 Å². The summed E-state index contributed by atoms with van der Waals surface area (Å²) < 4.78 is 15.8. The zero-order chi connectivity index (χ0) is 16.2. The van der Waals surface area contributed by atoms with Gasteiger partial charge in [-0.25, -0.2) is 0 Å². The monoisotopic (exact) mass is 350 g/mol. The maximum absolute atomic E-state index is 6.09. The van der Waals surface area contributed by atoms with Gasteiger partial charge in [0, 0.05) is 12.2 Å². The van der Waals surface area contributed by atoms with Crippen molar-refractivity contribution in [2.45, 2.75) is 6.54 Å². The number of halogens is 1. The molecule has 0 radical (unpaired) electrons. The highest BCUT2D eigenvalue weighted by atomic mass is 35.5. The van der Waals surface area contributed by atoms with Crippen LogP contribution in [0.4, 0.5) is 5.69 Å². The van der Waals surface area contributed by atoms with Crippen LogP contribution in [0.25, 0.3) is 0 Å². The van der Waals surface area contributed by atoms with Gasteiger partial charge in [-0.3, -0.25) is 0 Å². The van der Waals surface area contributed by atoms with Crippen molar-refractivity contribution in [2.24, 2.45) is 0 Å². The Hall–Kier alpha value is -2.18. The second-order valence-electron chi connectivity index (χ2n) is 4.84. The molecule has 0 unspecified atom stereocenters. The molecule has 2 N–H and O–H groups in total. The van der Waals surface area contributed by atoms with Crippen LogP contribution in [-0.2, 0) is 6.54 Å². The average Bonchev–Trinajstić information content (AvgIpc) is 3.01. The van der Waals surface area contributed by atoms with E-state index in [-0.39, 0.29) is 6.79 Å². The second-order valence-corrected chi connectivity index (χ2v) is 5.66. The highest BCUT2D eigenvalue weighted by Gasteiger charge is 2.13. The van der Waals surface area contributed by atoms with Crippen LogP contribution in [0.15, 0.2) is 36.4 Å². The lowest BCUT2D eigenvalue weighted by molar-refractivity contribution is 0.174. The number of hydrogen-bond donors (Lipinski definition) is 2. The van der Waals surface area contributed by atoms with Gasteiger partial charge in [0.2, 0.25) is 6.79 Å². The molecule has 0 amide bonds. The highest BCUT2D eigenvalue weighted by Crippen LogP contribution is 2.32. The van der Waals surface area contributed by atoms with Crippen molar-refractivity contribution in [1.82, 2.24) is 5.32 Å². The Bertz CT molecular complexity index is 739. The van der Waals surface area contributed by atoms with Gasteiger partial charge in [-0.05, 0) is 48.1 Å². The number of methoxy groups -OCH3 is 1. The van der Waals surface area contributed by atoms with Crippen LogP contribution in [0.1, 0.15) is 5.56 Å². The first kappa shape index (κ1) is 15.7. The normalized spacial score (nSPS) is 11.9. The molecule has 2 aromatic rings. The Balaban J connectivity index is 1.56. The van der Waals surface area contributed by atoms with Crippen LogP contribution in [0, 0.1) is 0 Å². The number of hydrogen-bond acceptors (Lipinski definition) is 4. The first-order chi connectivity index (χ1) is 11.2. The van der Waals surface area contributed by atoms with E-state index in [4.69, 9.17) is 38.0 Å². The predicted octanol–water partition coefficient (Wildman–Crippen LogP) is 3.56. The molecule has 0 bridgehead atoms. The van der Waals surface area contributed by atoms with Gasteiger partial charge in [0.15, 0.2) is 16.6 Å². The summed E-state index contributed by atoms with van der Waals surface area (Å²) in [6.45, 7) is 0.844. The van der Waals surface area contributed by atoms with E-state index in [0.717, 1.165) is 22.7 Å². The minimum absolute atomic E-state index is 0.268. The zero-order valence-corrected chi connectivity index (χ0v) is 14.0. The van der Waals surface area contributed by atoms with Gasteiger partial charge in [0.25, 0.3) is 0 Å². The van der Waals surface area contributed by atoms with Gasteiger partial charge >= 0.3 is 0 Å². The van der Waals surface area contributed by atoms with Gasteiger partial charge in [-0.1, -0.05) is 17.7 Å². The molecule has 0 atom stereocenters. The Labute approximate surface area is 144 Å². The smallest absolute Gasteiger partial charge is 0.231 e. The maximum Gasteiger partial charge on any atom is 0.231 e. The summed E-state index contributed by atoms with van der Waals surface area (Å²) >= 11 is 11.4. The van der Waals surface area contributed by atoms with E-state index in [1.165, 1.54) is 0 Å². The summed E-state index contributed by atoms with van der Waals surface area (Å²) in [5, 5.41) is 7.25. The molecule has 7 heteroatoms. The van der Waals surface area contributed by atoms with Crippen LogP contribution in [0.3, 0.4) is 0 Å². The van der Waals surface area contributed by atoms with E-state index >= 15 is 0 Å². The first-order valence-electron chi connectivity index (χ1n) is 6.92. The molecule has 0 fully saturated rings. The topological polar surface area (TPSA) is 51.8 Å². The molecule has 0 saturated carbocycles. The third-order valence-corrected chi connectivity index (χ3v) is 3.84. The second kappa shape index (κ2) is 6.93. The maximum atomic E-state index is 6.09. The Morgan fingerprint density at radius 2 is 2.04 bits per heavy atom. The fourth-order valence-electron chi connectivity index (χ4n) is 2.15. The van der Waals surface area contributed by atoms with Gasteiger partial charge in [0.05, 0.1) is 12.1 Å². The number of fused-ring (bicyclic) bond motifs is 1. The molecule has 0 spiro atoms. The summed E-state index contributed by atoms with van der Waals surface area (Å²) in [5.41, 5.74) is 1.84. The molecule has 1 heterocycles. The third kappa shape index (κ3) is 3.78. The van der Waals surface area contributed by atoms with Crippen LogP contribution in [0.2, 0.25) is 5.02 Å². The fourth-order valence-corrected chi connectivity index (χ4v) is 2.60. The molecule has 5 nitrogen and oxygen atoms in total. The first-order valence-corrected chi connectivity index (χ1v) is 7.71. The number of anilines is 1. The Morgan fingerprint density at radius 3 is 2.83 bits per heavy atom. The molecule has 0 saturated heterocycles. The van der Waals surface area contributed by atoms with Crippen molar-refractivity contribution < 1.29 is 14.2 Å². The Kier molecular flexibility index (Phi) is 4.73. The predicted molar refractivity (Wildman–Crippen MR) is 93.6 cm³/mol. The van der Waals surface area contributed by atoms with Crippen LogP contribution in [-0.4, -0.2) is 19.0 Å². The van der Waals surface area contributed by atoms with E-state index in [1.54, 1.807) is 19.2 Å². The molecule has 0 aromatic heterocycles. The van der Waals surface area contributed by atoms with Crippen LogP contribution in [0.5, 0.6) is 17.2 Å². The summed E-state index contributed by atoms with van der Waals surface area (Å²) in [6, 6.07) is 11.2. The molecule has 2 aromatic carbocycles. The van der Waals surface area contributed by atoms with Crippen molar-refractivity contribution in [2.75, 3.05) is 19.2 Å². The van der Waals surface area contributed by atoms with E-state index < -0.39 is 0 Å². The van der Waals surface area contributed by atoms with Crippen molar-refractivity contribution in [3.63, 3.8) is 0 Å². The SMILES string of the molecule is COc1ccc(NC(=S)NCc2ccc3c(c2)OCO3)cc1Cl. The van der Waals surface area contributed by atoms with E-state index in [1.807, 2.05) is 24.3 Å². The fraction of sp³-hybridized carbons (Fsp3) is 0.188. The minimum atomic E-state index is 0.268. The molecule has 3 rings (SSSR count). The van der Waals surface area contributed by atoms with Gasteiger partial charge in [0.1, 0.15) is 5.75 Å². The summed E-state index contributed by atoms with van der Waals surface area (Å²) in [6.07, 6.45) is 0. The number of rotatable bonds is 4. The van der Waals surface area contributed by atoms with Crippen molar-refractivity contribution in [1.29, 1.82) is 0 Å². The summed E-state index contributed by atoms with van der Waals surface area (Å²) in [4.78, 5) is 0. The minimum Gasteiger partial charge on any atom is -0.495 e. The average molecular weight is 351 g/mol. The van der Waals surface area contributed by atoms with Crippen molar-refractivity contribution >= 4 is 34.6 Å². The molecule has 1 aliphatic heterocycles. The molecular weight excluding hydrogens is 336 g/mol. The number of thiocarbonyl (C=S) groups is 1. The number of nitrogens with one attached hydrogen (secondary N) is 2. The van der Waals surface area contributed by atoms with E-state index in [2.05, 4.69) is 10.6 Å². The molecule has 23 heavy (non-hydrogen) atoms. The Morgan fingerprint density at radius 1 is 1.22 bits per heavy atom. The quantitative estimate of drug-likeness (QED) is 0.822. The third-order valence-electron chi connectivity index (χ3n) is 3.30. The number of ether oxygens (including phenoxy) is 3. The highest BCUT2D eigenvalue weighted by molar-refractivity contribution is 7.80. The standard InChI is InChI=1S/C16H15ClN2O3S/c1-20-13-5-3-11(7-12(13)17)19-16(23)18-8-10-2-4-14-15(6-10)22-9-21-14/h2-7H,8-9H2,1H3,(H2,18,19,23). The van der Waals surface area contributed by atoms with E-state index in [0.29, 0.717) is 22.4 Å². The van der Waals surface area contributed by atoms with Gasteiger partial charge < -0.3 is 24.8 Å². The molecule has 120 valence electrons. The molecule has 1 aliphatic rings. The lowest BCUT2D eigenvalue weighted by atomic mass is 10.2. The molecular formula is C16H15ClN2O3S. The van der Waals surface area contributed by atoms with Crippen LogP contribution >= 0.6 is 23.8 Å². The lowest BCUT2D eigenvalue weighted by Gasteiger charge is -2.12. The summed E-state index contributed by atoms with van der Waals surface area (Å²) in [5.74, 6) is 2.14. The van der Waals surface area contributed by atoms with Crippen molar-refractivity contribution in [3.05, 3.63) is 47.0 Å². The zero-order valence-electron chi connectivity index (χ0n) is 12.4. The largest absolute Gasteiger partial charge is 0.495 e. The number of benzene rings is 2.